The van der Waals surface area contributed by atoms with Crippen molar-refractivity contribution >= 4 is 9.84 Å². The second kappa shape index (κ2) is 9.08. The maximum absolute atomic E-state index is 12.0. The summed E-state index contributed by atoms with van der Waals surface area (Å²) in [7, 11) is -1.05. The van der Waals surface area contributed by atoms with E-state index in [0.717, 1.165) is 28.3 Å². The lowest BCUT2D eigenvalue weighted by atomic mass is 10.1. The summed E-state index contributed by atoms with van der Waals surface area (Å²) in [5.74, 6) is 2.02. The van der Waals surface area contributed by atoms with Gasteiger partial charge in [-0.25, -0.2) is 8.42 Å². The molecule has 6 nitrogen and oxygen atoms in total. The maximum atomic E-state index is 12.0. The number of para-hydroxylation sites is 1. The molecule has 162 valence electrons. The van der Waals surface area contributed by atoms with Crippen molar-refractivity contribution in [2.45, 2.75) is 19.0 Å². The molecule has 1 atom stereocenters. The highest BCUT2D eigenvalue weighted by molar-refractivity contribution is 7.91. The fourth-order valence-corrected chi connectivity index (χ4v) is 5.75. The summed E-state index contributed by atoms with van der Waals surface area (Å²) in [6, 6.07) is 17.6. The Morgan fingerprint density at radius 1 is 1.16 bits per heavy atom. The van der Waals surface area contributed by atoms with Crippen LogP contribution in [0.3, 0.4) is 0 Å². The lowest BCUT2D eigenvalue weighted by Crippen LogP contribution is -2.35. The molecule has 0 amide bonds. The molecule has 1 aliphatic rings. The van der Waals surface area contributed by atoms with Gasteiger partial charge < -0.3 is 4.74 Å². The highest BCUT2D eigenvalue weighted by atomic mass is 32.2. The van der Waals surface area contributed by atoms with E-state index in [1.54, 1.807) is 4.68 Å². The average Bonchev–Trinajstić information content (AvgIpc) is 3.30. The largest absolute Gasteiger partial charge is 0.457 e. The number of rotatable bonds is 8. The summed E-state index contributed by atoms with van der Waals surface area (Å²) >= 11 is 0. The van der Waals surface area contributed by atoms with Crippen molar-refractivity contribution in [2.24, 2.45) is 7.05 Å². The first-order chi connectivity index (χ1) is 14.9. The van der Waals surface area contributed by atoms with Crippen LogP contribution in [0.2, 0.25) is 0 Å². The number of hydrogen-bond donors (Lipinski definition) is 0. The molecule has 0 spiro atoms. The van der Waals surface area contributed by atoms with Gasteiger partial charge in [0.2, 0.25) is 0 Å². The predicted molar refractivity (Wildman–Crippen MR) is 123 cm³/mol. The molecule has 2 heterocycles. The SMILES string of the molecule is C=CCN(Cc1cn(C)nc1-c1ccc(Oc2ccccc2)cc1)[C@@H]1CCS(=O)(=O)C1. The van der Waals surface area contributed by atoms with Crippen LogP contribution in [0, 0.1) is 0 Å². The second-order valence-electron chi connectivity index (χ2n) is 7.89. The van der Waals surface area contributed by atoms with E-state index < -0.39 is 9.84 Å². The van der Waals surface area contributed by atoms with Gasteiger partial charge in [0.05, 0.1) is 17.2 Å². The normalized spacial score (nSPS) is 17.7. The van der Waals surface area contributed by atoms with Crippen molar-refractivity contribution in [3.8, 4) is 22.8 Å². The van der Waals surface area contributed by atoms with Crippen molar-refractivity contribution < 1.29 is 13.2 Å². The molecule has 7 heteroatoms. The monoisotopic (exact) mass is 437 g/mol. The van der Waals surface area contributed by atoms with E-state index in [9.17, 15) is 8.42 Å². The van der Waals surface area contributed by atoms with Gasteiger partial charge in [-0.2, -0.15) is 5.10 Å². The van der Waals surface area contributed by atoms with Crippen molar-refractivity contribution in [1.82, 2.24) is 14.7 Å². The number of hydrogen-bond acceptors (Lipinski definition) is 5. The summed E-state index contributed by atoms with van der Waals surface area (Å²) in [5.41, 5.74) is 2.95. The Bertz CT molecular complexity index is 1140. The molecule has 2 aromatic carbocycles. The summed E-state index contributed by atoms with van der Waals surface area (Å²) in [6.45, 7) is 5.11. The zero-order valence-corrected chi connectivity index (χ0v) is 18.5. The number of sulfone groups is 1. The van der Waals surface area contributed by atoms with Crippen LogP contribution in [0.5, 0.6) is 11.5 Å². The number of ether oxygens (including phenoxy) is 1. The van der Waals surface area contributed by atoms with Crippen molar-refractivity contribution in [3.63, 3.8) is 0 Å². The topological polar surface area (TPSA) is 64.4 Å². The van der Waals surface area contributed by atoms with Crippen LogP contribution in [0.4, 0.5) is 0 Å². The van der Waals surface area contributed by atoms with Gasteiger partial charge in [0, 0.05) is 43.5 Å². The molecule has 31 heavy (non-hydrogen) atoms. The van der Waals surface area contributed by atoms with Gasteiger partial charge in [0.15, 0.2) is 9.84 Å². The first-order valence-corrected chi connectivity index (χ1v) is 12.2. The van der Waals surface area contributed by atoms with Crippen LogP contribution in [0.1, 0.15) is 12.0 Å². The lowest BCUT2D eigenvalue weighted by molar-refractivity contribution is 0.227. The Balaban J connectivity index is 1.54. The number of aromatic nitrogens is 2. The Kier molecular flexibility index (Phi) is 6.25. The van der Waals surface area contributed by atoms with E-state index in [2.05, 4.69) is 16.6 Å². The molecule has 0 bridgehead atoms. The Morgan fingerprint density at radius 2 is 1.87 bits per heavy atom. The lowest BCUT2D eigenvalue weighted by Gasteiger charge is -2.26. The quantitative estimate of drug-likeness (QED) is 0.498. The van der Waals surface area contributed by atoms with Gasteiger partial charge in [-0.1, -0.05) is 24.3 Å². The van der Waals surface area contributed by atoms with E-state index in [1.807, 2.05) is 73.9 Å². The van der Waals surface area contributed by atoms with Crippen LogP contribution in [-0.4, -0.2) is 47.2 Å². The van der Waals surface area contributed by atoms with E-state index in [4.69, 9.17) is 4.74 Å². The molecule has 0 saturated carbocycles. The average molecular weight is 438 g/mol. The van der Waals surface area contributed by atoms with Crippen LogP contribution in [-0.2, 0) is 23.4 Å². The van der Waals surface area contributed by atoms with Crippen molar-refractivity contribution in [3.05, 3.63) is 79.0 Å². The van der Waals surface area contributed by atoms with Gasteiger partial charge >= 0.3 is 0 Å². The molecule has 1 aromatic heterocycles. The van der Waals surface area contributed by atoms with Gasteiger partial charge in [0.25, 0.3) is 0 Å². The fourth-order valence-electron chi connectivity index (χ4n) is 3.99. The van der Waals surface area contributed by atoms with Gasteiger partial charge in [-0.3, -0.25) is 9.58 Å². The standard InChI is InChI=1S/C24H27N3O3S/c1-3-14-27(21-13-15-31(28,29)18-21)17-20-16-26(2)25-24(20)19-9-11-23(12-10-19)30-22-7-5-4-6-8-22/h3-12,16,21H,1,13-15,17-18H2,2H3/t21-/m1/s1. The van der Waals surface area contributed by atoms with E-state index >= 15 is 0 Å². The van der Waals surface area contributed by atoms with Gasteiger partial charge in [-0.05, 0) is 42.8 Å². The molecular formula is C24H27N3O3S. The highest BCUT2D eigenvalue weighted by Crippen LogP contribution is 2.29. The minimum absolute atomic E-state index is 0.0118. The summed E-state index contributed by atoms with van der Waals surface area (Å²) in [6.07, 6.45) is 4.50. The van der Waals surface area contributed by atoms with Gasteiger partial charge in [-0.15, -0.1) is 6.58 Å². The van der Waals surface area contributed by atoms with Gasteiger partial charge in [0.1, 0.15) is 11.5 Å². The molecule has 1 fully saturated rings. The second-order valence-corrected chi connectivity index (χ2v) is 10.1. The summed E-state index contributed by atoms with van der Waals surface area (Å²) < 4.78 is 31.6. The van der Waals surface area contributed by atoms with Crippen molar-refractivity contribution in [2.75, 3.05) is 18.1 Å². The number of aryl methyl sites for hydroxylation is 1. The maximum Gasteiger partial charge on any atom is 0.151 e. The zero-order chi connectivity index (χ0) is 21.8. The smallest absolute Gasteiger partial charge is 0.151 e. The minimum atomic E-state index is -2.95. The first kappa shape index (κ1) is 21.3. The molecular weight excluding hydrogens is 410 g/mol. The molecule has 1 aliphatic heterocycles. The number of benzene rings is 2. The van der Waals surface area contributed by atoms with Crippen molar-refractivity contribution in [1.29, 1.82) is 0 Å². The van der Waals surface area contributed by atoms with E-state index in [-0.39, 0.29) is 17.5 Å². The first-order valence-electron chi connectivity index (χ1n) is 10.3. The third-order valence-corrected chi connectivity index (χ3v) is 7.22. The summed E-state index contributed by atoms with van der Waals surface area (Å²) in [5, 5.41) is 4.67. The summed E-state index contributed by atoms with van der Waals surface area (Å²) in [4.78, 5) is 2.19. The van der Waals surface area contributed by atoms with Crippen LogP contribution >= 0.6 is 0 Å². The van der Waals surface area contributed by atoms with Crippen LogP contribution in [0.25, 0.3) is 11.3 Å². The molecule has 0 N–H and O–H groups in total. The molecule has 3 aromatic rings. The van der Waals surface area contributed by atoms with E-state index in [0.29, 0.717) is 19.5 Å². The predicted octanol–water partition coefficient (Wildman–Crippen LogP) is 4.05. The zero-order valence-electron chi connectivity index (χ0n) is 17.6. The van der Waals surface area contributed by atoms with Crippen LogP contribution in [0.15, 0.2) is 73.4 Å². The van der Waals surface area contributed by atoms with E-state index in [1.165, 1.54) is 0 Å². The fraction of sp³-hybridized carbons (Fsp3) is 0.292. The molecule has 4 rings (SSSR count). The Hall–Kier alpha value is -2.90. The molecule has 1 saturated heterocycles. The third kappa shape index (κ3) is 5.24. The molecule has 0 radical (unpaired) electrons. The Morgan fingerprint density at radius 3 is 2.52 bits per heavy atom. The third-order valence-electron chi connectivity index (χ3n) is 5.47. The molecule has 0 aliphatic carbocycles. The Labute approximate surface area is 183 Å². The molecule has 0 unspecified atom stereocenters. The van der Waals surface area contributed by atoms with Crippen LogP contribution < -0.4 is 4.74 Å². The number of nitrogens with zero attached hydrogens (tertiary/aromatic N) is 3. The minimum Gasteiger partial charge on any atom is -0.457 e. The highest BCUT2D eigenvalue weighted by Gasteiger charge is 2.32.